The Labute approximate surface area is 131 Å². The average molecular weight is 323 g/mol. The number of carbonyl (C=O) groups excluding carboxylic acids is 1. The van der Waals surface area contributed by atoms with E-state index in [2.05, 4.69) is 0 Å². The molecule has 2 aromatic rings. The number of ether oxygens (including phenoxy) is 2. The van der Waals surface area contributed by atoms with E-state index in [1.165, 1.54) is 6.07 Å². The van der Waals surface area contributed by atoms with Gasteiger partial charge in [-0.15, -0.1) is 11.6 Å². The molecule has 1 aliphatic heterocycles. The monoisotopic (exact) mass is 322 g/mol. The predicted molar refractivity (Wildman–Crippen MR) is 81.5 cm³/mol. The molecule has 0 saturated carbocycles. The Morgan fingerprint density at radius 1 is 1.41 bits per heavy atom. The van der Waals surface area contributed by atoms with Gasteiger partial charge >= 0.3 is 11.6 Å². The first kappa shape index (κ1) is 14.9. The Kier molecular flexibility index (Phi) is 3.60. The first-order chi connectivity index (χ1) is 10.4. The van der Waals surface area contributed by atoms with Gasteiger partial charge in [-0.3, -0.25) is 4.79 Å². The molecule has 0 radical (unpaired) electrons. The molecule has 0 N–H and O–H groups in total. The summed E-state index contributed by atoms with van der Waals surface area (Å²) < 4.78 is 16.5. The van der Waals surface area contributed by atoms with Crippen molar-refractivity contribution in [3.8, 4) is 5.75 Å². The maximum atomic E-state index is 11.5. The maximum Gasteiger partial charge on any atom is 0.336 e. The minimum atomic E-state index is -0.697. The van der Waals surface area contributed by atoms with Crippen molar-refractivity contribution in [1.29, 1.82) is 0 Å². The van der Waals surface area contributed by atoms with Gasteiger partial charge in [0, 0.05) is 23.9 Å². The second-order valence-electron chi connectivity index (χ2n) is 5.77. The quantitative estimate of drug-likeness (QED) is 0.483. The molecule has 1 aromatic carbocycles. The summed E-state index contributed by atoms with van der Waals surface area (Å²) in [6.07, 6.45) is 0.0828. The Morgan fingerprint density at radius 2 is 2.18 bits per heavy atom. The zero-order chi connectivity index (χ0) is 15.9. The van der Waals surface area contributed by atoms with Gasteiger partial charge in [-0.2, -0.15) is 0 Å². The van der Waals surface area contributed by atoms with Gasteiger partial charge in [-0.1, -0.05) is 0 Å². The van der Waals surface area contributed by atoms with Gasteiger partial charge in [0.1, 0.15) is 28.9 Å². The van der Waals surface area contributed by atoms with Gasteiger partial charge in [0.05, 0.1) is 0 Å². The third-order valence-corrected chi connectivity index (χ3v) is 3.96. The van der Waals surface area contributed by atoms with Crippen molar-refractivity contribution in [3.63, 3.8) is 0 Å². The first-order valence-electron chi connectivity index (χ1n) is 6.90. The second kappa shape index (κ2) is 5.32. The van der Waals surface area contributed by atoms with Crippen molar-refractivity contribution < 1.29 is 18.7 Å². The molecule has 0 spiro atoms. The molecule has 116 valence electrons. The van der Waals surface area contributed by atoms with Gasteiger partial charge in [-0.05, 0) is 31.5 Å². The number of fused-ring (bicyclic) bond motifs is 2. The van der Waals surface area contributed by atoms with Crippen LogP contribution in [0.4, 0.5) is 0 Å². The normalized spacial score (nSPS) is 19.3. The van der Waals surface area contributed by atoms with Crippen LogP contribution in [0.25, 0.3) is 11.0 Å². The lowest BCUT2D eigenvalue weighted by molar-refractivity contribution is -0.158. The molecule has 0 fully saturated rings. The van der Waals surface area contributed by atoms with Crippen molar-refractivity contribution in [1.82, 2.24) is 0 Å². The number of carbonyl (C=O) groups is 1. The van der Waals surface area contributed by atoms with Crippen LogP contribution in [0.3, 0.4) is 0 Å². The van der Waals surface area contributed by atoms with Gasteiger partial charge in [-0.25, -0.2) is 4.79 Å². The van der Waals surface area contributed by atoms with Crippen molar-refractivity contribution >= 4 is 28.5 Å². The minimum absolute atomic E-state index is 0.192. The van der Waals surface area contributed by atoms with Crippen LogP contribution in [0.5, 0.6) is 5.75 Å². The van der Waals surface area contributed by atoms with Gasteiger partial charge < -0.3 is 13.9 Å². The fourth-order valence-corrected chi connectivity index (χ4v) is 2.63. The van der Waals surface area contributed by atoms with Crippen LogP contribution in [0.2, 0.25) is 0 Å². The lowest BCUT2D eigenvalue weighted by Gasteiger charge is -2.39. The Bertz CT molecular complexity index is 793. The zero-order valence-electron chi connectivity index (χ0n) is 12.2. The molecule has 1 aliphatic rings. The number of rotatable bonds is 2. The molecule has 1 unspecified atom stereocenters. The lowest BCUT2D eigenvalue weighted by Crippen LogP contribution is -2.49. The summed E-state index contributed by atoms with van der Waals surface area (Å²) in [7, 11) is 0. The third kappa shape index (κ3) is 2.68. The van der Waals surface area contributed by atoms with E-state index in [-0.39, 0.29) is 5.88 Å². The highest BCUT2D eigenvalue weighted by Gasteiger charge is 2.39. The van der Waals surface area contributed by atoms with E-state index in [0.29, 0.717) is 17.8 Å². The molecule has 0 bridgehead atoms. The molecule has 6 heteroatoms. The molecule has 22 heavy (non-hydrogen) atoms. The van der Waals surface area contributed by atoms with Crippen molar-refractivity contribution in [3.05, 3.63) is 40.2 Å². The molecule has 2 heterocycles. The lowest BCUT2D eigenvalue weighted by atomic mass is 9.90. The zero-order valence-corrected chi connectivity index (χ0v) is 13.0. The molecule has 3 rings (SSSR count). The number of hydrogen-bond acceptors (Lipinski definition) is 5. The summed E-state index contributed by atoms with van der Waals surface area (Å²) in [4.78, 5) is 22.8. The maximum absolute atomic E-state index is 11.5. The van der Waals surface area contributed by atoms with Crippen molar-refractivity contribution in [2.24, 2.45) is 0 Å². The van der Waals surface area contributed by atoms with Crippen molar-refractivity contribution in [2.75, 3.05) is 5.88 Å². The van der Waals surface area contributed by atoms with E-state index in [0.717, 1.165) is 10.9 Å². The molecule has 0 saturated heterocycles. The van der Waals surface area contributed by atoms with Gasteiger partial charge in [0.15, 0.2) is 0 Å². The Balaban J connectivity index is 2.02. The average Bonchev–Trinajstić information content (AvgIpc) is 2.45. The van der Waals surface area contributed by atoms with Gasteiger partial charge in [0.25, 0.3) is 0 Å². The summed E-state index contributed by atoms with van der Waals surface area (Å²) in [5.41, 5.74) is 0.264. The molecule has 0 amide bonds. The number of benzene rings is 1. The standard InChI is InChI=1S/C16H15ClO5/c1-16(2)13(21-15(19)8-17)6-10-5-9-3-4-14(18)20-11(9)7-12(10)22-16/h3-5,7,13H,6,8H2,1-2H3. The smallest absolute Gasteiger partial charge is 0.336 e. The van der Waals surface area contributed by atoms with Crippen LogP contribution < -0.4 is 10.4 Å². The highest BCUT2D eigenvalue weighted by atomic mass is 35.5. The van der Waals surface area contributed by atoms with E-state index in [1.54, 1.807) is 12.1 Å². The van der Waals surface area contributed by atoms with Crippen LogP contribution >= 0.6 is 11.6 Å². The van der Waals surface area contributed by atoms with Crippen LogP contribution in [-0.2, 0) is 16.0 Å². The molecule has 5 nitrogen and oxygen atoms in total. The first-order valence-corrected chi connectivity index (χ1v) is 7.44. The highest BCUT2D eigenvalue weighted by Crippen LogP contribution is 2.37. The van der Waals surface area contributed by atoms with Crippen molar-refractivity contribution in [2.45, 2.75) is 32.0 Å². The van der Waals surface area contributed by atoms with Crippen LogP contribution in [0.15, 0.2) is 33.5 Å². The third-order valence-electron chi connectivity index (χ3n) is 3.74. The molecule has 1 atom stereocenters. The number of hydrogen-bond donors (Lipinski definition) is 0. The minimum Gasteiger partial charge on any atom is -0.484 e. The molecular formula is C16H15ClO5. The fraction of sp³-hybridized carbons (Fsp3) is 0.375. The van der Waals surface area contributed by atoms with E-state index >= 15 is 0 Å². The summed E-state index contributed by atoms with van der Waals surface area (Å²) >= 11 is 5.50. The van der Waals surface area contributed by atoms with Crippen LogP contribution in [0, 0.1) is 0 Å². The number of halogens is 1. The topological polar surface area (TPSA) is 65.7 Å². The number of alkyl halides is 1. The molecular weight excluding hydrogens is 308 g/mol. The van der Waals surface area contributed by atoms with Crippen LogP contribution in [0.1, 0.15) is 19.4 Å². The number of esters is 1. The van der Waals surface area contributed by atoms with Crippen LogP contribution in [-0.4, -0.2) is 23.6 Å². The highest BCUT2D eigenvalue weighted by molar-refractivity contribution is 6.26. The van der Waals surface area contributed by atoms with E-state index in [1.807, 2.05) is 19.9 Å². The largest absolute Gasteiger partial charge is 0.484 e. The second-order valence-corrected chi connectivity index (χ2v) is 6.04. The predicted octanol–water partition coefficient (Wildman–Crippen LogP) is 2.66. The summed E-state index contributed by atoms with van der Waals surface area (Å²) in [5, 5.41) is 0.795. The fourth-order valence-electron chi connectivity index (χ4n) is 2.57. The Morgan fingerprint density at radius 3 is 2.91 bits per heavy atom. The summed E-state index contributed by atoms with van der Waals surface area (Å²) in [5.74, 6) is -0.0360. The summed E-state index contributed by atoms with van der Waals surface area (Å²) in [6, 6.07) is 6.64. The molecule has 1 aromatic heterocycles. The SMILES string of the molecule is CC1(C)Oc2cc3oc(=O)ccc3cc2CC1OC(=O)CCl. The Hall–Kier alpha value is -2.01. The van der Waals surface area contributed by atoms with E-state index < -0.39 is 23.3 Å². The summed E-state index contributed by atoms with van der Waals surface area (Å²) in [6.45, 7) is 3.68. The van der Waals surface area contributed by atoms with E-state index in [4.69, 9.17) is 25.5 Å². The molecule has 0 aliphatic carbocycles. The van der Waals surface area contributed by atoms with Gasteiger partial charge in [0.2, 0.25) is 0 Å². The van der Waals surface area contributed by atoms with E-state index in [9.17, 15) is 9.59 Å².